The van der Waals surface area contributed by atoms with Gasteiger partial charge in [0, 0.05) is 12.1 Å². The molecule has 1 aliphatic carbocycles. The third kappa shape index (κ3) is 2.02. The smallest absolute Gasteiger partial charge is 0.167 e. The van der Waals surface area contributed by atoms with Crippen molar-refractivity contribution in [3.63, 3.8) is 0 Å². The van der Waals surface area contributed by atoms with Gasteiger partial charge in [0.25, 0.3) is 0 Å². The number of hydrogen-bond acceptors (Lipinski definition) is 3. The molecule has 0 saturated heterocycles. The van der Waals surface area contributed by atoms with Crippen LogP contribution in [0, 0.1) is 18.6 Å². The lowest BCUT2D eigenvalue weighted by Gasteiger charge is -2.09. The van der Waals surface area contributed by atoms with E-state index in [1.54, 1.807) is 6.92 Å². The zero-order valence-corrected chi connectivity index (χ0v) is 10.5. The number of aryl methyl sites for hydroxylation is 1. The average Bonchev–Trinajstić information content (AvgIpc) is 3.13. The van der Waals surface area contributed by atoms with Crippen molar-refractivity contribution in [2.45, 2.75) is 32.4 Å². The third-order valence-electron chi connectivity index (χ3n) is 3.35. The molecular weight excluding hydrogens is 250 g/mol. The number of benzene rings is 1. The SMILES string of the molecule is Cc1cc(-c2nnc(CN)n2C2CC2)c(F)cc1F. The van der Waals surface area contributed by atoms with Crippen LogP contribution in [0.5, 0.6) is 0 Å². The Balaban J connectivity index is 2.17. The Hall–Kier alpha value is -1.82. The van der Waals surface area contributed by atoms with Crippen LogP contribution in [0.4, 0.5) is 8.78 Å². The highest BCUT2D eigenvalue weighted by atomic mass is 19.1. The number of halogens is 2. The Labute approximate surface area is 109 Å². The third-order valence-corrected chi connectivity index (χ3v) is 3.35. The standard InChI is InChI=1S/C13H14F2N4/c1-7-4-9(11(15)5-10(7)14)13-18-17-12(6-16)19(13)8-2-3-8/h4-5,8H,2-3,6,16H2,1H3. The van der Waals surface area contributed by atoms with E-state index in [-0.39, 0.29) is 18.2 Å². The second kappa shape index (κ2) is 4.38. The summed E-state index contributed by atoms with van der Waals surface area (Å²) in [4.78, 5) is 0. The first-order valence-electron chi connectivity index (χ1n) is 6.21. The van der Waals surface area contributed by atoms with Gasteiger partial charge in [-0.2, -0.15) is 0 Å². The molecule has 3 rings (SSSR count). The summed E-state index contributed by atoms with van der Waals surface area (Å²) in [5, 5.41) is 8.01. The van der Waals surface area contributed by atoms with Crippen LogP contribution < -0.4 is 5.73 Å². The van der Waals surface area contributed by atoms with Crippen molar-refractivity contribution in [2.24, 2.45) is 5.73 Å². The molecule has 0 spiro atoms. The van der Waals surface area contributed by atoms with Gasteiger partial charge < -0.3 is 10.3 Å². The Morgan fingerprint density at radius 1 is 1.26 bits per heavy atom. The molecule has 2 N–H and O–H groups in total. The van der Waals surface area contributed by atoms with Crippen LogP contribution in [-0.2, 0) is 6.54 Å². The fraction of sp³-hybridized carbons (Fsp3) is 0.385. The van der Waals surface area contributed by atoms with Gasteiger partial charge in [-0.15, -0.1) is 10.2 Å². The topological polar surface area (TPSA) is 56.7 Å². The van der Waals surface area contributed by atoms with E-state index in [2.05, 4.69) is 10.2 Å². The number of hydrogen-bond donors (Lipinski definition) is 1. The van der Waals surface area contributed by atoms with Gasteiger partial charge in [0.15, 0.2) is 5.82 Å². The summed E-state index contributed by atoms with van der Waals surface area (Å²) in [7, 11) is 0. The minimum atomic E-state index is -0.624. The van der Waals surface area contributed by atoms with E-state index in [9.17, 15) is 8.78 Å². The Morgan fingerprint density at radius 2 is 2.00 bits per heavy atom. The number of nitrogens with two attached hydrogens (primary N) is 1. The zero-order chi connectivity index (χ0) is 13.6. The molecule has 0 bridgehead atoms. The first-order valence-corrected chi connectivity index (χ1v) is 6.21. The molecule has 0 amide bonds. The summed E-state index contributed by atoms with van der Waals surface area (Å²) >= 11 is 0. The largest absolute Gasteiger partial charge is 0.324 e. The highest BCUT2D eigenvalue weighted by Gasteiger charge is 2.30. The van der Waals surface area contributed by atoms with Crippen molar-refractivity contribution < 1.29 is 8.78 Å². The number of aromatic nitrogens is 3. The minimum absolute atomic E-state index is 0.255. The highest BCUT2D eigenvalue weighted by molar-refractivity contribution is 5.58. The Morgan fingerprint density at radius 3 is 2.63 bits per heavy atom. The van der Waals surface area contributed by atoms with Crippen molar-refractivity contribution in [3.8, 4) is 11.4 Å². The maximum Gasteiger partial charge on any atom is 0.167 e. The van der Waals surface area contributed by atoms with Crippen molar-refractivity contribution in [1.29, 1.82) is 0 Å². The van der Waals surface area contributed by atoms with Crippen molar-refractivity contribution in [3.05, 3.63) is 35.2 Å². The van der Waals surface area contributed by atoms with Gasteiger partial charge in [-0.05, 0) is 31.4 Å². The lowest BCUT2D eigenvalue weighted by molar-refractivity contribution is 0.577. The lowest BCUT2D eigenvalue weighted by Crippen LogP contribution is -2.08. The molecule has 1 aromatic heterocycles. The fourth-order valence-electron chi connectivity index (χ4n) is 2.19. The summed E-state index contributed by atoms with van der Waals surface area (Å²) in [6.45, 7) is 1.85. The van der Waals surface area contributed by atoms with Crippen LogP contribution in [-0.4, -0.2) is 14.8 Å². The maximum absolute atomic E-state index is 13.9. The molecule has 100 valence electrons. The summed E-state index contributed by atoms with van der Waals surface area (Å²) in [5.41, 5.74) is 6.28. The molecule has 2 aromatic rings. The molecular formula is C13H14F2N4. The van der Waals surface area contributed by atoms with Crippen LogP contribution in [0.2, 0.25) is 0 Å². The van der Waals surface area contributed by atoms with Crippen molar-refractivity contribution in [2.75, 3.05) is 0 Å². The molecule has 0 unspecified atom stereocenters. The van der Waals surface area contributed by atoms with E-state index in [4.69, 9.17) is 5.73 Å². The van der Waals surface area contributed by atoms with Gasteiger partial charge in [0.2, 0.25) is 0 Å². The molecule has 1 aromatic carbocycles. The second-order valence-corrected chi connectivity index (χ2v) is 4.83. The average molecular weight is 264 g/mol. The van der Waals surface area contributed by atoms with E-state index in [1.165, 1.54) is 6.07 Å². The first-order chi connectivity index (χ1) is 9.11. The molecule has 0 aliphatic heterocycles. The van der Waals surface area contributed by atoms with Crippen LogP contribution in [0.1, 0.15) is 30.3 Å². The zero-order valence-electron chi connectivity index (χ0n) is 10.5. The molecule has 1 aliphatic rings. The molecule has 1 heterocycles. The molecule has 4 nitrogen and oxygen atoms in total. The van der Waals surface area contributed by atoms with Gasteiger partial charge in [0.1, 0.15) is 17.5 Å². The van der Waals surface area contributed by atoms with Gasteiger partial charge in [-0.3, -0.25) is 0 Å². The van der Waals surface area contributed by atoms with E-state index < -0.39 is 11.6 Å². The molecule has 0 radical (unpaired) electrons. The molecule has 1 fully saturated rings. The highest BCUT2D eigenvalue weighted by Crippen LogP contribution is 2.39. The predicted molar refractivity (Wildman–Crippen MR) is 66.3 cm³/mol. The van der Waals surface area contributed by atoms with Gasteiger partial charge in [-0.1, -0.05) is 0 Å². The van der Waals surface area contributed by atoms with Crippen LogP contribution in [0.25, 0.3) is 11.4 Å². The van der Waals surface area contributed by atoms with Crippen LogP contribution >= 0.6 is 0 Å². The monoisotopic (exact) mass is 264 g/mol. The minimum Gasteiger partial charge on any atom is -0.324 e. The Kier molecular flexibility index (Phi) is 2.82. The normalized spacial score (nSPS) is 14.9. The molecule has 19 heavy (non-hydrogen) atoms. The maximum atomic E-state index is 13.9. The first kappa shape index (κ1) is 12.2. The molecule has 6 heteroatoms. The summed E-state index contributed by atoms with van der Waals surface area (Å²) < 4.78 is 29.1. The van der Waals surface area contributed by atoms with Gasteiger partial charge >= 0.3 is 0 Å². The second-order valence-electron chi connectivity index (χ2n) is 4.83. The number of rotatable bonds is 3. The van der Waals surface area contributed by atoms with Crippen molar-refractivity contribution in [1.82, 2.24) is 14.8 Å². The van der Waals surface area contributed by atoms with Crippen LogP contribution in [0.3, 0.4) is 0 Å². The number of nitrogens with zero attached hydrogens (tertiary/aromatic N) is 3. The van der Waals surface area contributed by atoms with E-state index in [0.717, 1.165) is 18.9 Å². The van der Waals surface area contributed by atoms with Crippen LogP contribution in [0.15, 0.2) is 12.1 Å². The van der Waals surface area contributed by atoms with E-state index in [1.807, 2.05) is 4.57 Å². The summed E-state index contributed by atoms with van der Waals surface area (Å²) in [6.07, 6.45) is 2.03. The van der Waals surface area contributed by atoms with Gasteiger partial charge in [0.05, 0.1) is 12.1 Å². The van der Waals surface area contributed by atoms with E-state index in [0.29, 0.717) is 17.2 Å². The molecule has 0 atom stereocenters. The quantitative estimate of drug-likeness (QED) is 0.925. The van der Waals surface area contributed by atoms with Crippen molar-refractivity contribution >= 4 is 0 Å². The van der Waals surface area contributed by atoms with Gasteiger partial charge in [-0.25, -0.2) is 8.78 Å². The summed E-state index contributed by atoms with van der Waals surface area (Å²) in [6, 6.07) is 2.64. The summed E-state index contributed by atoms with van der Waals surface area (Å²) in [5.74, 6) is -0.110. The fourth-order valence-corrected chi connectivity index (χ4v) is 2.19. The predicted octanol–water partition coefficient (Wildman–Crippen LogP) is 2.33. The lowest BCUT2D eigenvalue weighted by atomic mass is 10.1. The van der Waals surface area contributed by atoms with E-state index >= 15 is 0 Å². The Bertz CT molecular complexity index is 632. The molecule has 1 saturated carbocycles.